The normalized spacial score (nSPS) is 19.0. The molecule has 0 saturated carbocycles. The van der Waals surface area contributed by atoms with Crippen LogP contribution in [-0.2, 0) is 28.4 Å². The van der Waals surface area contributed by atoms with Crippen LogP contribution in [0.3, 0.4) is 0 Å². The van der Waals surface area contributed by atoms with Gasteiger partial charge in [0.2, 0.25) is 0 Å². The van der Waals surface area contributed by atoms with E-state index < -0.39 is 48.1 Å². The summed E-state index contributed by atoms with van der Waals surface area (Å²) in [4.78, 5) is 32.2. The molecule has 228 valence electrons. The number of piperazine rings is 1. The van der Waals surface area contributed by atoms with Gasteiger partial charge in [0, 0.05) is 25.0 Å². The molecule has 1 saturated heterocycles. The molecule has 1 aromatic heterocycles. The van der Waals surface area contributed by atoms with Gasteiger partial charge in [0.05, 0.1) is 54.0 Å². The molecule has 0 radical (unpaired) electrons. The zero-order valence-corrected chi connectivity index (χ0v) is 23.1. The van der Waals surface area contributed by atoms with Crippen LogP contribution in [-0.4, -0.2) is 81.2 Å². The predicted molar refractivity (Wildman–Crippen MR) is 145 cm³/mol. The molecule has 0 bridgehead atoms. The van der Waals surface area contributed by atoms with Gasteiger partial charge in [0.1, 0.15) is 0 Å². The zero-order valence-electron chi connectivity index (χ0n) is 22.3. The van der Waals surface area contributed by atoms with Crippen LogP contribution in [0.5, 0.6) is 0 Å². The summed E-state index contributed by atoms with van der Waals surface area (Å²) >= 11 is 1.13. The van der Waals surface area contributed by atoms with Crippen molar-refractivity contribution < 1.29 is 45.8 Å². The predicted octanol–water partition coefficient (Wildman–Crippen LogP) is 4.84. The van der Waals surface area contributed by atoms with Gasteiger partial charge in [-0.1, -0.05) is 12.1 Å². The van der Waals surface area contributed by atoms with E-state index in [1.54, 1.807) is 29.2 Å². The third-order valence-corrected chi connectivity index (χ3v) is 8.05. The molecule has 0 aliphatic carbocycles. The lowest BCUT2D eigenvalue weighted by atomic mass is 10.0. The molecule has 2 aliphatic rings. The first-order chi connectivity index (χ1) is 20.3. The molecule has 5 rings (SSSR count). The van der Waals surface area contributed by atoms with Gasteiger partial charge in [0.25, 0.3) is 5.91 Å². The minimum atomic E-state index is -5.00. The number of aromatic nitrogens is 2. The van der Waals surface area contributed by atoms with E-state index in [1.165, 1.54) is 22.9 Å². The number of hydrogen-bond donors (Lipinski definition) is 1. The van der Waals surface area contributed by atoms with Gasteiger partial charge in [-0.15, -0.1) is 0 Å². The van der Waals surface area contributed by atoms with Crippen LogP contribution in [0.4, 0.5) is 31.1 Å². The van der Waals surface area contributed by atoms with Crippen molar-refractivity contribution in [1.29, 1.82) is 0 Å². The number of carbonyl (C=O) groups is 2. The first-order valence-corrected chi connectivity index (χ1v) is 13.6. The van der Waals surface area contributed by atoms with Crippen LogP contribution < -0.4 is 0 Å². The Hall–Kier alpha value is -4.05. The van der Waals surface area contributed by atoms with Crippen molar-refractivity contribution in [3.63, 3.8) is 0 Å². The van der Waals surface area contributed by atoms with Crippen LogP contribution in [0.2, 0.25) is 0 Å². The second kappa shape index (κ2) is 11.6. The van der Waals surface area contributed by atoms with Crippen molar-refractivity contribution in [1.82, 2.24) is 19.6 Å². The summed E-state index contributed by atoms with van der Waals surface area (Å²) in [5, 5.41) is 14.8. The van der Waals surface area contributed by atoms with E-state index in [1.807, 2.05) is 0 Å². The first-order valence-electron chi connectivity index (χ1n) is 12.7. The van der Waals surface area contributed by atoms with E-state index >= 15 is 0 Å². The highest BCUT2D eigenvalue weighted by Gasteiger charge is 2.38. The molecule has 43 heavy (non-hydrogen) atoms. The molecular weight excluding hydrogens is 604 g/mol. The smallest absolute Gasteiger partial charge is 0.416 e. The SMILES string of the molecule is COC(=O)N1CCN(C2=NC(=O)C(=Cc3ccc4c(cnn4Cc4ccc(C(F)(F)F)cc4C(F)(F)F)c3)S2)C[C@@H]1CO. The second-order valence-electron chi connectivity index (χ2n) is 9.74. The number of amides is 2. The summed E-state index contributed by atoms with van der Waals surface area (Å²) in [7, 11) is 1.25. The fraction of sp³-hybridized carbons (Fsp3) is 0.333. The lowest BCUT2D eigenvalue weighted by molar-refractivity contribution is -0.143. The minimum absolute atomic E-state index is 0.0981. The molecule has 9 nitrogen and oxygen atoms in total. The topological polar surface area (TPSA) is 100 Å². The van der Waals surface area contributed by atoms with Gasteiger partial charge in [-0.25, -0.2) is 4.79 Å². The van der Waals surface area contributed by atoms with Gasteiger partial charge in [-0.2, -0.15) is 36.4 Å². The number of methoxy groups -OCH3 is 1. The van der Waals surface area contributed by atoms with Gasteiger partial charge in [-0.05, 0) is 53.2 Å². The molecule has 3 heterocycles. The third-order valence-electron chi connectivity index (χ3n) is 7.01. The molecule has 2 aromatic carbocycles. The molecule has 1 atom stereocenters. The highest BCUT2D eigenvalue weighted by Crippen LogP contribution is 2.38. The highest BCUT2D eigenvalue weighted by atomic mass is 32.2. The van der Waals surface area contributed by atoms with Crippen molar-refractivity contribution in [2.45, 2.75) is 24.9 Å². The number of thioether (sulfide) groups is 1. The number of nitrogens with zero attached hydrogens (tertiary/aromatic N) is 5. The number of fused-ring (bicyclic) bond motifs is 1. The summed E-state index contributed by atoms with van der Waals surface area (Å²) in [6.45, 7) is 0.170. The number of amidine groups is 1. The standard InChI is InChI=1S/C27H23F6N5O4S/c1-42-25(41)37-7-6-36(13-19(37)14-39)24-35-23(40)22(43-24)9-15-2-5-21-17(8-15)11-34-38(21)12-16-3-4-18(26(28,29)30)10-20(16)27(31,32)33/h2-5,8-11,19,39H,6-7,12-14H2,1H3/t19-/m1/s1. The van der Waals surface area contributed by atoms with E-state index in [2.05, 4.69) is 10.1 Å². The average Bonchev–Trinajstić information content (AvgIpc) is 3.53. The monoisotopic (exact) mass is 627 g/mol. The third kappa shape index (κ3) is 6.34. The number of hydrogen-bond acceptors (Lipinski definition) is 7. The van der Waals surface area contributed by atoms with Crippen molar-refractivity contribution in [3.8, 4) is 0 Å². The lowest BCUT2D eigenvalue weighted by Gasteiger charge is -2.40. The Morgan fingerprint density at radius 2 is 1.88 bits per heavy atom. The van der Waals surface area contributed by atoms with Gasteiger partial charge in [-0.3, -0.25) is 14.4 Å². The number of ether oxygens (including phenoxy) is 1. The fourth-order valence-corrected chi connectivity index (χ4v) is 5.81. The molecule has 0 unspecified atom stereocenters. The van der Waals surface area contributed by atoms with Crippen molar-refractivity contribution >= 4 is 45.9 Å². The van der Waals surface area contributed by atoms with E-state index in [-0.39, 0.29) is 31.3 Å². The van der Waals surface area contributed by atoms with Crippen LogP contribution >= 0.6 is 11.8 Å². The molecular formula is C27H23F6N5O4S. The van der Waals surface area contributed by atoms with Gasteiger partial charge >= 0.3 is 18.4 Å². The molecule has 0 spiro atoms. The Bertz CT molecular complexity index is 1630. The number of aliphatic hydroxyl groups is 1. The number of benzene rings is 2. The van der Waals surface area contributed by atoms with Crippen LogP contribution in [0, 0.1) is 0 Å². The Kier molecular flexibility index (Phi) is 8.17. The number of halogens is 6. The Labute approximate surface area is 244 Å². The molecule has 2 aliphatic heterocycles. The molecule has 2 amide bonds. The quantitative estimate of drug-likeness (QED) is 0.327. The summed E-state index contributed by atoms with van der Waals surface area (Å²) in [5.74, 6) is -0.478. The number of aliphatic hydroxyl groups excluding tert-OH is 1. The number of aliphatic imine (C=N–C) groups is 1. The number of carbonyl (C=O) groups excluding carboxylic acids is 2. The molecule has 16 heteroatoms. The van der Waals surface area contributed by atoms with E-state index in [0.717, 1.165) is 17.8 Å². The summed E-state index contributed by atoms with van der Waals surface area (Å²) in [6, 6.07) is 5.87. The lowest BCUT2D eigenvalue weighted by Crippen LogP contribution is -2.57. The maximum Gasteiger partial charge on any atom is 0.416 e. The summed E-state index contributed by atoms with van der Waals surface area (Å²) in [5.41, 5.74) is -2.12. The van der Waals surface area contributed by atoms with E-state index in [4.69, 9.17) is 4.74 Å². The highest BCUT2D eigenvalue weighted by molar-refractivity contribution is 8.18. The number of alkyl halides is 6. The zero-order chi connectivity index (χ0) is 31.1. The van der Waals surface area contributed by atoms with Crippen LogP contribution in [0.1, 0.15) is 22.3 Å². The first kappa shape index (κ1) is 30.4. The Balaban J connectivity index is 1.33. The second-order valence-corrected chi connectivity index (χ2v) is 10.8. The van der Waals surface area contributed by atoms with Gasteiger partial charge < -0.3 is 14.7 Å². The minimum Gasteiger partial charge on any atom is -0.453 e. The fourth-order valence-electron chi connectivity index (χ4n) is 4.86. The Morgan fingerprint density at radius 1 is 1.12 bits per heavy atom. The van der Waals surface area contributed by atoms with E-state index in [9.17, 15) is 41.0 Å². The Morgan fingerprint density at radius 3 is 2.56 bits per heavy atom. The number of rotatable bonds is 4. The summed E-state index contributed by atoms with van der Waals surface area (Å²) in [6.07, 6.45) is -7.47. The maximum absolute atomic E-state index is 13.6. The van der Waals surface area contributed by atoms with Crippen molar-refractivity contribution in [2.75, 3.05) is 33.4 Å². The molecule has 1 N–H and O–H groups in total. The summed E-state index contributed by atoms with van der Waals surface area (Å²) < 4.78 is 85.9. The van der Waals surface area contributed by atoms with E-state index in [0.29, 0.717) is 39.2 Å². The average molecular weight is 628 g/mol. The van der Waals surface area contributed by atoms with Crippen molar-refractivity contribution in [2.24, 2.45) is 4.99 Å². The van der Waals surface area contributed by atoms with Crippen LogP contribution in [0.25, 0.3) is 17.0 Å². The maximum atomic E-state index is 13.6. The van der Waals surface area contributed by atoms with Crippen LogP contribution in [0.15, 0.2) is 52.5 Å². The molecule has 1 fully saturated rings. The van der Waals surface area contributed by atoms with Gasteiger partial charge in [0.15, 0.2) is 5.17 Å². The van der Waals surface area contributed by atoms with Crippen molar-refractivity contribution in [3.05, 3.63) is 69.8 Å². The molecule has 3 aromatic rings. The largest absolute Gasteiger partial charge is 0.453 e.